The van der Waals surface area contributed by atoms with Crippen LogP contribution >= 0.6 is 11.6 Å². The molecule has 2 rings (SSSR count). The van der Waals surface area contributed by atoms with Crippen LogP contribution in [0.1, 0.15) is 12.8 Å². The fraction of sp³-hybridized carbons (Fsp3) is 0.417. The zero-order chi connectivity index (χ0) is 16.5. The van der Waals surface area contributed by atoms with E-state index in [1.54, 1.807) is 0 Å². The first-order valence-corrected chi connectivity index (χ1v) is 8.22. The van der Waals surface area contributed by atoms with E-state index in [-0.39, 0.29) is 41.5 Å². The van der Waals surface area contributed by atoms with Crippen LogP contribution in [0.25, 0.3) is 0 Å². The Balaban J connectivity index is 2.25. The van der Waals surface area contributed by atoms with Gasteiger partial charge in [-0.1, -0.05) is 11.6 Å². The van der Waals surface area contributed by atoms with E-state index in [9.17, 15) is 23.3 Å². The van der Waals surface area contributed by atoms with E-state index in [0.29, 0.717) is 0 Å². The van der Waals surface area contributed by atoms with Crippen LogP contribution in [0.4, 0.5) is 5.69 Å². The van der Waals surface area contributed by atoms with Gasteiger partial charge in [-0.3, -0.25) is 14.9 Å². The lowest BCUT2D eigenvalue weighted by molar-refractivity contribution is -0.384. The van der Waals surface area contributed by atoms with Crippen LogP contribution in [-0.4, -0.2) is 41.8 Å². The molecule has 0 aromatic heterocycles. The SMILES string of the molecule is O=C(O)C1CCN(S(=O)(=O)c2ccc([N+](=O)[O-])cc2Cl)CC1. The van der Waals surface area contributed by atoms with Crippen LogP contribution in [0, 0.1) is 16.0 Å². The topological polar surface area (TPSA) is 118 Å². The second-order valence-electron chi connectivity index (χ2n) is 4.89. The first-order chi connectivity index (χ1) is 10.2. The summed E-state index contributed by atoms with van der Waals surface area (Å²) in [5.41, 5.74) is -0.298. The van der Waals surface area contributed by atoms with E-state index in [0.717, 1.165) is 22.5 Å². The quantitative estimate of drug-likeness (QED) is 0.654. The number of nitrogens with zero attached hydrogens (tertiary/aromatic N) is 2. The molecule has 0 radical (unpaired) electrons. The molecule has 1 aromatic rings. The van der Waals surface area contributed by atoms with Crippen molar-refractivity contribution in [2.75, 3.05) is 13.1 Å². The summed E-state index contributed by atoms with van der Waals surface area (Å²) in [5, 5.41) is 19.3. The van der Waals surface area contributed by atoms with Crippen molar-refractivity contribution in [3.8, 4) is 0 Å². The zero-order valence-electron chi connectivity index (χ0n) is 11.3. The number of nitro benzene ring substituents is 1. The maximum atomic E-state index is 12.5. The van der Waals surface area contributed by atoms with Gasteiger partial charge in [0.15, 0.2) is 0 Å². The normalized spacial score (nSPS) is 17.3. The third kappa shape index (κ3) is 3.21. The number of non-ortho nitro benzene ring substituents is 1. The largest absolute Gasteiger partial charge is 0.481 e. The summed E-state index contributed by atoms with van der Waals surface area (Å²) < 4.78 is 26.1. The van der Waals surface area contributed by atoms with E-state index in [1.807, 2.05) is 0 Å². The van der Waals surface area contributed by atoms with Gasteiger partial charge >= 0.3 is 5.97 Å². The highest BCUT2D eigenvalue weighted by Gasteiger charge is 2.33. The number of carbonyl (C=O) groups is 1. The number of carboxylic acid groups (broad SMARTS) is 1. The Morgan fingerprint density at radius 2 is 1.95 bits per heavy atom. The molecular formula is C12H13ClN2O6S. The maximum absolute atomic E-state index is 12.5. The molecule has 0 spiro atoms. The highest BCUT2D eigenvalue weighted by atomic mass is 35.5. The van der Waals surface area contributed by atoms with Gasteiger partial charge < -0.3 is 5.11 Å². The average molecular weight is 349 g/mol. The molecule has 0 atom stereocenters. The van der Waals surface area contributed by atoms with Crippen molar-refractivity contribution >= 4 is 33.3 Å². The summed E-state index contributed by atoms with van der Waals surface area (Å²) in [7, 11) is -3.90. The third-order valence-corrected chi connectivity index (χ3v) is 5.93. The first-order valence-electron chi connectivity index (χ1n) is 6.40. The van der Waals surface area contributed by atoms with Crippen molar-refractivity contribution in [2.45, 2.75) is 17.7 Å². The Bertz CT molecular complexity index is 712. The standard InChI is InChI=1S/C12H13ClN2O6S/c13-10-7-9(15(18)19)1-2-11(10)22(20,21)14-5-3-8(4-6-14)12(16)17/h1-2,7-8H,3-6H2,(H,16,17). The summed E-state index contributed by atoms with van der Waals surface area (Å²) in [6.07, 6.45) is 0.443. The first kappa shape index (κ1) is 16.7. The summed E-state index contributed by atoms with van der Waals surface area (Å²) in [5.74, 6) is -1.50. The Morgan fingerprint density at radius 1 is 1.36 bits per heavy atom. The zero-order valence-corrected chi connectivity index (χ0v) is 12.9. The lowest BCUT2D eigenvalue weighted by Crippen LogP contribution is -2.40. The van der Waals surface area contributed by atoms with Crippen molar-refractivity contribution in [3.05, 3.63) is 33.3 Å². The molecular weight excluding hydrogens is 336 g/mol. The van der Waals surface area contributed by atoms with Crippen LogP contribution in [0.3, 0.4) is 0 Å². The van der Waals surface area contributed by atoms with Gasteiger partial charge in [0.1, 0.15) is 4.90 Å². The highest BCUT2D eigenvalue weighted by Crippen LogP contribution is 2.30. The van der Waals surface area contributed by atoms with Crippen LogP contribution in [0.5, 0.6) is 0 Å². The summed E-state index contributed by atoms with van der Waals surface area (Å²) in [6, 6.07) is 3.15. The predicted octanol–water partition coefficient (Wildman–Crippen LogP) is 1.73. The van der Waals surface area contributed by atoms with Crippen LogP contribution in [-0.2, 0) is 14.8 Å². The molecule has 0 amide bonds. The fourth-order valence-corrected chi connectivity index (χ4v) is 4.28. The molecule has 1 heterocycles. The highest BCUT2D eigenvalue weighted by molar-refractivity contribution is 7.89. The van der Waals surface area contributed by atoms with Crippen molar-refractivity contribution in [3.63, 3.8) is 0 Å². The molecule has 0 aliphatic carbocycles. The molecule has 120 valence electrons. The molecule has 1 aliphatic rings. The van der Waals surface area contributed by atoms with Gasteiger partial charge in [-0.25, -0.2) is 8.42 Å². The number of hydrogen-bond donors (Lipinski definition) is 1. The van der Waals surface area contributed by atoms with E-state index in [1.165, 1.54) is 0 Å². The van der Waals surface area contributed by atoms with Crippen LogP contribution in [0.15, 0.2) is 23.1 Å². The number of sulfonamides is 1. The number of benzene rings is 1. The monoisotopic (exact) mass is 348 g/mol. The van der Waals surface area contributed by atoms with Gasteiger partial charge in [0.05, 0.1) is 15.9 Å². The Kier molecular flexibility index (Phi) is 4.69. The molecule has 22 heavy (non-hydrogen) atoms. The van der Waals surface area contributed by atoms with E-state index >= 15 is 0 Å². The molecule has 0 bridgehead atoms. The molecule has 1 aromatic carbocycles. The number of aliphatic carboxylic acids is 1. The third-order valence-electron chi connectivity index (χ3n) is 3.55. The summed E-state index contributed by atoms with van der Waals surface area (Å²) in [6.45, 7) is 0.152. The number of halogens is 1. The van der Waals surface area contributed by atoms with Crippen molar-refractivity contribution < 1.29 is 23.2 Å². The summed E-state index contributed by atoms with van der Waals surface area (Å²) in [4.78, 5) is 20.7. The smallest absolute Gasteiger partial charge is 0.306 e. The molecule has 10 heteroatoms. The maximum Gasteiger partial charge on any atom is 0.306 e. The van der Waals surface area contributed by atoms with Crippen molar-refractivity contribution in [1.29, 1.82) is 0 Å². The second-order valence-corrected chi connectivity index (χ2v) is 7.20. The Morgan fingerprint density at radius 3 is 2.41 bits per heavy atom. The second kappa shape index (κ2) is 6.19. The van der Waals surface area contributed by atoms with E-state index < -0.39 is 26.8 Å². The van der Waals surface area contributed by atoms with Gasteiger partial charge in [-0.05, 0) is 18.9 Å². The van der Waals surface area contributed by atoms with Gasteiger partial charge in [-0.2, -0.15) is 4.31 Å². The lowest BCUT2D eigenvalue weighted by Gasteiger charge is -2.29. The number of hydrogen-bond acceptors (Lipinski definition) is 5. The number of rotatable bonds is 4. The van der Waals surface area contributed by atoms with Crippen LogP contribution < -0.4 is 0 Å². The minimum atomic E-state index is -3.90. The van der Waals surface area contributed by atoms with E-state index in [4.69, 9.17) is 16.7 Å². The molecule has 8 nitrogen and oxygen atoms in total. The lowest BCUT2D eigenvalue weighted by atomic mass is 9.99. The minimum absolute atomic E-state index is 0.0760. The summed E-state index contributed by atoms with van der Waals surface area (Å²) >= 11 is 5.85. The van der Waals surface area contributed by atoms with Gasteiger partial charge in [0.2, 0.25) is 10.0 Å². The van der Waals surface area contributed by atoms with Gasteiger partial charge in [0, 0.05) is 25.2 Å². The number of nitro groups is 1. The molecule has 0 saturated carbocycles. The molecule has 0 unspecified atom stereocenters. The molecule has 1 saturated heterocycles. The van der Waals surface area contributed by atoms with Gasteiger partial charge in [0.25, 0.3) is 5.69 Å². The number of piperidine rings is 1. The molecule has 1 fully saturated rings. The van der Waals surface area contributed by atoms with E-state index in [2.05, 4.69) is 0 Å². The van der Waals surface area contributed by atoms with Crippen LogP contribution in [0.2, 0.25) is 5.02 Å². The Hall–Kier alpha value is -1.71. The molecule has 1 aliphatic heterocycles. The van der Waals surface area contributed by atoms with Crippen molar-refractivity contribution in [1.82, 2.24) is 4.31 Å². The number of carboxylic acids is 1. The average Bonchev–Trinajstić information content (AvgIpc) is 2.46. The predicted molar refractivity (Wildman–Crippen MR) is 77.2 cm³/mol. The van der Waals surface area contributed by atoms with Gasteiger partial charge in [-0.15, -0.1) is 0 Å². The fourth-order valence-electron chi connectivity index (χ4n) is 2.29. The molecule has 1 N–H and O–H groups in total. The van der Waals surface area contributed by atoms with Crippen molar-refractivity contribution in [2.24, 2.45) is 5.92 Å². The minimum Gasteiger partial charge on any atom is -0.481 e. The Labute approximate surface area is 131 Å².